The Morgan fingerprint density at radius 3 is 2.17 bits per heavy atom. The summed E-state index contributed by atoms with van der Waals surface area (Å²) in [4.78, 5) is 12.2. The number of benzene rings is 2. The Kier molecular flexibility index (Phi) is 6.78. The van der Waals surface area contributed by atoms with Crippen LogP contribution in [-0.4, -0.2) is 22.2 Å². The molecule has 5 heteroatoms. The zero-order valence-electron chi connectivity index (χ0n) is 16.6. The molecule has 0 bridgehead atoms. The molecule has 0 saturated heterocycles. The number of nitrogens with zero attached hydrogens (tertiary/aromatic N) is 1. The van der Waals surface area contributed by atoms with Gasteiger partial charge in [0.15, 0.2) is 0 Å². The van der Waals surface area contributed by atoms with Crippen molar-refractivity contribution in [1.82, 2.24) is 4.57 Å². The predicted molar refractivity (Wildman–Crippen MR) is 119 cm³/mol. The number of hydrogen-bond acceptors (Lipinski definition) is 3. The van der Waals surface area contributed by atoms with Crippen LogP contribution in [0, 0.1) is 0 Å². The molecule has 0 amide bonds. The average Bonchev–Trinajstić information content (AvgIpc) is 2.74. The third kappa shape index (κ3) is 4.90. The molecule has 0 spiro atoms. The molecular formula is C24H24ClNO3. The monoisotopic (exact) mass is 409 g/mol. The van der Waals surface area contributed by atoms with Crippen LogP contribution < -0.4 is 10.3 Å². The molecule has 1 N–H and O–H groups in total. The topological polar surface area (TPSA) is 51.5 Å². The number of aromatic hydroxyl groups is 1. The molecule has 0 saturated carbocycles. The molecule has 2 aromatic carbocycles. The van der Waals surface area contributed by atoms with Crippen molar-refractivity contribution in [2.24, 2.45) is 7.05 Å². The maximum absolute atomic E-state index is 12.2. The highest BCUT2D eigenvalue weighted by atomic mass is 35.5. The summed E-state index contributed by atoms with van der Waals surface area (Å²) >= 11 is 5.70. The molecule has 0 aliphatic carbocycles. The van der Waals surface area contributed by atoms with Gasteiger partial charge in [0.05, 0.1) is 5.88 Å². The Morgan fingerprint density at radius 1 is 1.00 bits per heavy atom. The second-order valence-corrected chi connectivity index (χ2v) is 7.06. The standard InChI is InChI=1S/C24H24ClNO3/c1-3-22(19-12-14-26(2)23(28)16-19)24(17-4-8-20(27)9-5-17)18-6-10-21(11-7-18)29-15-13-25/h4-12,14,16,27H,3,13,15H2,1-2H3. The van der Waals surface area contributed by atoms with E-state index in [9.17, 15) is 9.90 Å². The summed E-state index contributed by atoms with van der Waals surface area (Å²) in [5.41, 5.74) is 4.89. The van der Waals surface area contributed by atoms with E-state index in [0.29, 0.717) is 12.5 Å². The number of halogens is 1. The highest BCUT2D eigenvalue weighted by Gasteiger charge is 2.14. The van der Waals surface area contributed by atoms with E-state index < -0.39 is 0 Å². The number of phenolic OH excluding ortho intramolecular Hbond substituents is 1. The largest absolute Gasteiger partial charge is 0.508 e. The number of allylic oxidation sites excluding steroid dienone is 1. The lowest BCUT2D eigenvalue weighted by atomic mass is 9.88. The van der Waals surface area contributed by atoms with Crippen LogP contribution in [0.5, 0.6) is 11.5 Å². The molecule has 1 aromatic heterocycles. The van der Waals surface area contributed by atoms with E-state index >= 15 is 0 Å². The van der Waals surface area contributed by atoms with Crippen LogP contribution in [0.15, 0.2) is 71.7 Å². The van der Waals surface area contributed by atoms with Crippen LogP contribution in [0.3, 0.4) is 0 Å². The maximum Gasteiger partial charge on any atom is 0.250 e. The minimum Gasteiger partial charge on any atom is -0.508 e. The second kappa shape index (κ2) is 9.48. The highest BCUT2D eigenvalue weighted by Crippen LogP contribution is 2.35. The van der Waals surface area contributed by atoms with E-state index in [1.54, 1.807) is 36.0 Å². The zero-order chi connectivity index (χ0) is 20.8. The number of phenols is 1. The number of hydrogen-bond donors (Lipinski definition) is 1. The van der Waals surface area contributed by atoms with Crippen LogP contribution >= 0.6 is 11.6 Å². The number of ether oxygens (including phenoxy) is 1. The van der Waals surface area contributed by atoms with Gasteiger partial charge in [0.25, 0.3) is 5.56 Å². The number of aromatic nitrogens is 1. The third-order valence-corrected chi connectivity index (χ3v) is 4.91. The molecule has 4 nitrogen and oxygen atoms in total. The fraction of sp³-hybridized carbons (Fsp3) is 0.208. The van der Waals surface area contributed by atoms with Crippen LogP contribution in [0.2, 0.25) is 0 Å². The van der Waals surface area contributed by atoms with Crippen LogP contribution in [0.25, 0.3) is 11.1 Å². The Bertz CT molecular complexity index is 1050. The van der Waals surface area contributed by atoms with Gasteiger partial charge >= 0.3 is 0 Å². The van der Waals surface area contributed by atoms with E-state index in [-0.39, 0.29) is 11.3 Å². The molecular weight excluding hydrogens is 386 g/mol. The van der Waals surface area contributed by atoms with Crippen LogP contribution in [0.1, 0.15) is 30.0 Å². The van der Waals surface area contributed by atoms with Gasteiger partial charge < -0.3 is 14.4 Å². The molecule has 0 atom stereocenters. The van der Waals surface area contributed by atoms with Gasteiger partial charge in [-0.2, -0.15) is 0 Å². The first-order chi connectivity index (χ1) is 14.0. The summed E-state index contributed by atoms with van der Waals surface area (Å²) in [6, 6.07) is 18.6. The zero-order valence-corrected chi connectivity index (χ0v) is 17.3. The molecule has 150 valence electrons. The maximum atomic E-state index is 12.2. The van der Waals surface area contributed by atoms with Gasteiger partial charge in [-0.15, -0.1) is 11.6 Å². The fourth-order valence-corrected chi connectivity index (χ4v) is 3.36. The minimum atomic E-state index is -0.0525. The normalized spacial score (nSPS) is 11.8. The lowest BCUT2D eigenvalue weighted by Crippen LogP contribution is -2.15. The average molecular weight is 410 g/mol. The van der Waals surface area contributed by atoms with Crippen molar-refractivity contribution in [3.8, 4) is 11.5 Å². The molecule has 0 radical (unpaired) electrons. The van der Waals surface area contributed by atoms with Crippen molar-refractivity contribution in [1.29, 1.82) is 0 Å². The Morgan fingerprint density at radius 2 is 1.62 bits per heavy atom. The summed E-state index contributed by atoms with van der Waals surface area (Å²) in [6.45, 7) is 2.53. The van der Waals surface area contributed by atoms with Gasteiger partial charge in [0, 0.05) is 19.3 Å². The smallest absolute Gasteiger partial charge is 0.250 e. The summed E-state index contributed by atoms with van der Waals surface area (Å²) in [5, 5.41) is 9.72. The first kappa shape index (κ1) is 20.7. The number of pyridine rings is 1. The Labute approximate surface area is 175 Å². The van der Waals surface area contributed by atoms with Gasteiger partial charge in [-0.1, -0.05) is 31.2 Å². The van der Waals surface area contributed by atoms with Gasteiger partial charge in [-0.3, -0.25) is 4.79 Å². The summed E-state index contributed by atoms with van der Waals surface area (Å²) in [7, 11) is 1.74. The second-order valence-electron chi connectivity index (χ2n) is 6.68. The van der Waals surface area contributed by atoms with E-state index in [1.165, 1.54) is 0 Å². The summed E-state index contributed by atoms with van der Waals surface area (Å²) in [5.74, 6) is 1.40. The first-order valence-electron chi connectivity index (χ1n) is 9.52. The van der Waals surface area contributed by atoms with Crippen LogP contribution in [-0.2, 0) is 7.05 Å². The van der Waals surface area contributed by atoms with Crippen molar-refractivity contribution in [2.45, 2.75) is 13.3 Å². The molecule has 1 heterocycles. The van der Waals surface area contributed by atoms with E-state index in [0.717, 1.165) is 40.0 Å². The first-order valence-corrected chi connectivity index (χ1v) is 10.1. The minimum absolute atomic E-state index is 0.0525. The molecule has 0 aliphatic rings. The quantitative estimate of drug-likeness (QED) is 0.554. The van der Waals surface area contributed by atoms with Gasteiger partial charge in [0.2, 0.25) is 0 Å². The number of alkyl halides is 1. The third-order valence-electron chi connectivity index (χ3n) is 4.75. The summed E-state index contributed by atoms with van der Waals surface area (Å²) in [6.07, 6.45) is 2.53. The van der Waals surface area contributed by atoms with Gasteiger partial charge in [-0.25, -0.2) is 0 Å². The van der Waals surface area contributed by atoms with E-state index in [2.05, 4.69) is 6.92 Å². The molecule has 3 aromatic rings. The van der Waals surface area contributed by atoms with Crippen molar-refractivity contribution < 1.29 is 9.84 Å². The molecule has 29 heavy (non-hydrogen) atoms. The van der Waals surface area contributed by atoms with Crippen molar-refractivity contribution in [3.63, 3.8) is 0 Å². The van der Waals surface area contributed by atoms with E-state index in [4.69, 9.17) is 16.3 Å². The van der Waals surface area contributed by atoms with E-state index in [1.807, 2.05) is 42.5 Å². The van der Waals surface area contributed by atoms with Gasteiger partial charge in [-0.05, 0) is 64.6 Å². The van der Waals surface area contributed by atoms with Crippen LogP contribution in [0.4, 0.5) is 0 Å². The van der Waals surface area contributed by atoms with Crippen molar-refractivity contribution >= 4 is 22.7 Å². The van der Waals surface area contributed by atoms with Crippen molar-refractivity contribution in [3.05, 3.63) is 93.9 Å². The number of rotatable bonds is 7. The summed E-state index contributed by atoms with van der Waals surface area (Å²) < 4.78 is 7.14. The van der Waals surface area contributed by atoms with Crippen molar-refractivity contribution in [2.75, 3.05) is 12.5 Å². The fourth-order valence-electron chi connectivity index (χ4n) is 3.28. The molecule has 0 fully saturated rings. The number of aryl methyl sites for hydroxylation is 1. The SMILES string of the molecule is CCC(=C(c1ccc(O)cc1)c1ccc(OCCCl)cc1)c1ccn(C)c(=O)c1. The lowest BCUT2D eigenvalue weighted by molar-refractivity contribution is 0.343. The molecule has 0 unspecified atom stereocenters. The molecule has 3 rings (SSSR count). The lowest BCUT2D eigenvalue weighted by Gasteiger charge is -2.17. The highest BCUT2D eigenvalue weighted by molar-refractivity contribution is 6.18. The molecule has 0 aliphatic heterocycles. The Balaban J connectivity index is 2.18. The predicted octanol–water partition coefficient (Wildman–Crippen LogP) is 5.08. The van der Waals surface area contributed by atoms with Gasteiger partial charge in [0.1, 0.15) is 18.1 Å². The Hall–Kier alpha value is -2.98.